The average molecular weight is 280 g/mol. The van der Waals surface area contributed by atoms with Crippen LogP contribution in [0, 0.1) is 0 Å². The van der Waals surface area contributed by atoms with Crippen molar-refractivity contribution in [3.8, 4) is 0 Å². The second kappa shape index (κ2) is 5.97. The monoisotopic (exact) mass is 279 g/mol. The molecule has 1 aromatic carbocycles. The molecule has 1 fully saturated rings. The van der Waals surface area contributed by atoms with Gasteiger partial charge in [0.05, 0.1) is 0 Å². The Balaban J connectivity index is 2.08. The summed E-state index contributed by atoms with van der Waals surface area (Å²) in [4.78, 5) is 37.1. The molecule has 1 amide bonds. The second-order valence-corrected chi connectivity index (χ2v) is 4.95. The molecule has 0 aliphatic carbocycles. The van der Waals surface area contributed by atoms with Crippen molar-refractivity contribution in [3.05, 3.63) is 34.9 Å². The van der Waals surface area contributed by atoms with Gasteiger partial charge in [0.2, 0.25) is 5.78 Å². The van der Waals surface area contributed by atoms with Gasteiger partial charge in [-0.25, -0.2) is 0 Å². The number of hydrogen-bond acceptors (Lipinski definition) is 3. The molecule has 0 spiro atoms. The molecule has 100 valence electrons. The van der Waals surface area contributed by atoms with Gasteiger partial charge < -0.3 is 4.90 Å². The number of halogens is 1. The first kappa shape index (κ1) is 13.7. The molecule has 0 N–H and O–H groups in total. The van der Waals surface area contributed by atoms with Crippen LogP contribution in [0.1, 0.15) is 29.6 Å². The predicted molar refractivity (Wildman–Crippen MR) is 71.2 cm³/mol. The Hall–Kier alpha value is -1.68. The molecule has 2 rings (SSSR count). The molecule has 1 saturated heterocycles. The summed E-state index contributed by atoms with van der Waals surface area (Å²) in [5.41, 5.74) is 0.194. The van der Waals surface area contributed by atoms with Crippen LogP contribution < -0.4 is 0 Å². The molecule has 0 saturated carbocycles. The molecule has 0 unspecified atom stereocenters. The van der Waals surface area contributed by atoms with Gasteiger partial charge in [-0.05, 0) is 43.5 Å². The summed E-state index contributed by atoms with van der Waals surface area (Å²) in [5, 5.41) is 0.478. The quantitative estimate of drug-likeness (QED) is 0.484. The largest absolute Gasteiger partial charge is 0.336 e. The highest BCUT2D eigenvalue weighted by molar-refractivity contribution is 6.66. The Kier molecular flexibility index (Phi) is 4.32. The third-order valence-electron chi connectivity index (χ3n) is 3.15. The number of rotatable bonds is 3. The van der Waals surface area contributed by atoms with Crippen molar-refractivity contribution in [1.29, 1.82) is 0 Å². The van der Waals surface area contributed by atoms with Crippen molar-refractivity contribution >= 4 is 29.1 Å². The van der Waals surface area contributed by atoms with Gasteiger partial charge in [0.25, 0.3) is 11.7 Å². The van der Waals surface area contributed by atoms with Crippen LogP contribution in [0.2, 0.25) is 5.02 Å². The van der Waals surface area contributed by atoms with Crippen molar-refractivity contribution in [2.75, 3.05) is 13.1 Å². The fourth-order valence-electron chi connectivity index (χ4n) is 2.07. The van der Waals surface area contributed by atoms with Gasteiger partial charge in [-0.3, -0.25) is 14.4 Å². The minimum absolute atomic E-state index is 0.194. The van der Waals surface area contributed by atoms with E-state index in [9.17, 15) is 14.4 Å². The first-order chi connectivity index (χ1) is 9.09. The molecule has 5 heteroatoms. The lowest BCUT2D eigenvalue weighted by molar-refractivity contribution is -0.142. The molecule has 1 heterocycles. The third-order valence-corrected chi connectivity index (χ3v) is 3.40. The van der Waals surface area contributed by atoms with E-state index in [0.717, 1.165) is 19.3 Å². The molecule has 0 bridgehead atoms. The smallest absolute Gasteiger partial charge is 0.298 e. The second-order valence-electron chi connectivity index (χ2n) is 4.52. The first-order valence-electron chi connectivity index (χ1n) is 6.23. The van der Waals surface area contributed by atoms with E-state index in [1.54, 1.807) is 0 Å². The Bertz CT molecular complexity index is 504. The van der Waals surface area contributed by atoms with Gasteiger partial charge >= 0.3 is 0 Å². The third kappa shape index (κ3) is 3.20. The van der Waals surface area contributed by atoms with Gasteiger partial charge in [0.15, 0.2) is 0 Å². The molecule has 4 nitrogen and oxygen atoms in total. The first-order valence-corrected chi connectivity index (χ1v) is 6.61. The van der Waals surface area contributed by atoms with Crippen LogP contribution in [0.25, 0.3) is 0 Å². The summed E-state index contributed by atoms with van der Waals surface area (Å²) in [7, 11) is 0. The van der Waals surface area contributed by atoms with Crippen molar-refractivity contribution < 1.29 is 14.4 Å². The molecule has 19 heavy (non-hydrogen) atoms. The van der Waals surface area contributed by atoms with E-state index in [1.165, 1.54) is 29.2 Å². The standard InChI is InChI=1S/C14H14ClNO3/c15-11-6-4-10(5-7-11)12(17)13(18)14(19)16-8-2-1-3-9-16/h4-7H,1-3,8-9H2. The Morgan fingerprint density at radius 1 is 0.947 bits per heavy atom. The molecular weight excluding hydrogens is 266 g/mol. The normalized spacial score (nSPS) is 15.1. The van der Waals surface area contributed by atoms with E-state index in [2.05, 4.69) is 0 Å². The molecule has 0 radical (unpaired) electrons. The summed E-state index contributed by atoms with van der Waals surface area (Å²) in [6.45, 7) is 1.11. The van der Waals surface area contributed by atoms with Crippen LogP contribution >= 0.6 is 11.6 Å². The fraction of sp³-hybridized carbons (Fsp3) is 0.357. The van der Waals surface area contributed by atoms with Crippen LogP contribution in [0.3, 0.4) is 0 Å². The van der Waals surface area contributed by atoms with E-state index in [-0.39, 0.29) is 5.56 Å². The number of ketones is 2. The molecule has 0 atom stereocenters. The Morgan fingerprint density at radius 3 is 2.11 bits per heavy atom. The van der Waals surface area contributed by atoms with Crippen molar-refractivity contribution in [2.24, 2.45) is 0 Å². The zero-order valence-corrected chi connectivity index (χ0v) is 11.2. The number of piperidine rings is 1. The van der Waals surface area contributed by atoms with Crippen molar-refractivity contribution in [2.45, 2.75) is 19.3 Å². The van der Waals surface area contributed by atoms with E-state index in [4.69, 9.17) is 11.6 Å². The van der Waals surface area contributed by atoms with Crippen LogP contribution in [-0.4, -0.2) is 35.5 Å². The number of hydrogen-bond donors (Lipinski definition) is 0. The summed E-state index contributed by atoms with van der Waals surface area (Å²) in [5.74, 6) is -2.43. The van der Waals surface area contributed by atoms with E-state index >= 15 is 0 Å². The lowest BCUT2D eigenvalue weighted by Crippen LogP contribution is -2.42. The topological polar surface area (TPSA) is 54.5 Å². The zero-order valence-electron chi connectivity index (χ0n) is 10.4. The molecule has 0 aromatic heterocycles. The summed E-state index contributed by atoms with van der Waals surface area (Å²) >= 11 is 5.71. The predicted octanol–water partition coefficient (Wildman–Crippen LogP) is 2.10. The van der Waals surface area contributed by atoms with Crippen LogP contribution in [0.4, 0.5) is 0 Å². The van der Waals surface area contributed by atoms with Gasteiger partial charge in [0, 0.05) is 23.7 Å². The lowest BCUT2D eigenvalue weighted by atomic mass is 10.1. The van der Waals surface area contributed by atoms with E-state index < -0.39 is 17.5 Å². The average Bonchev–Trinajstić information content (AvgIpc) is 2.46. The van der Waals surface area contributed by atoms with E-state index in [1.807, 2.05) is 0 Å². The number of benzene rings is 1. The maximum absolute atomic E-state index is 11.9. The number of carbonyl (C=O) groups is 3. The van der Waals surface area contributed by atoms with Crippen molar-refractivity contribution in [3.63, 3.8) is 0 Å². The summed E-state index contributed by atoms with van der Waals surface area (Å²) in [6, 6.07) is 5.94. The van der Waals surface area contributed by atoms with Gasteiger partial charge in [0.1, 0.15) is 0 Å². The number of likely N-dealkylation sites (tertiary alicyclic amines) is 1. The van der Waals surface area contributed by atoms with Crippen LogP contribution in [0.15, 0.2) is 24.3 Å². The minimum atomic E-state index is -0.968. The number of Topliss-reactive ketones (excluding diaryl/α,β-unsaturated/α-hetero) is 2. The summed E-state index contributed by atoms with van der Waals surface area (Å²) in [6.07, 6.45) is 2.82. The fourth-order valence-corrected chi connectivity index (χ4v) is 2.20. The Morgan fingerprint density at radius 2 is 1.53 bits per heavy atom. The van der Waals surface area contributed by atoms with Gasteiger partial charge in [-0.15, -0.1) is 0 Å². The molecule has 1 aliphatic rings. The van der Waals surface area contributed by atoms with Crippen LogP contribution in [0.5, 0.6) is 0 Å². The minimum Gasteiger partial charge on any atom is -0.336 e. The maximum Gasteiger partial charge on any atom is 0.298 e. The van der Waals surface area contributed by atoms with Crippen molar-refractivity contribution in [1.82, 2.24) is 4.90 Å². The highest BCUT2D eigenvalue weighted by Crippen LogP contribution is 2.12. The highest BCUT2D eigenvalue weighted by Gasteiger charge is 2.29. The number of nitrogens with zero attached hydrogens (tertiary/aromatic N) is 1. The lowest BCUT2D eigenvalue weighted by Gasteiger charge is -2.25. The molecule has 1 aliphatic heterocycles. The SMILES string of the molecule is O=C(C(=O)c1ccc(Cl)cc1)C(=O)N1CCCCC1. The molecule has 1 aromatic rings. The van der Waals surface area contributed by atoms with Gasteiger partial charge in [-0.2, -0.15) is 0 Å². The summed E-state index contributed by atoms with van der Waals surface area (Å²) < 4.78 is 0. The van der Waals surface area contributed by atoms with Crippen LogP contribution in [-0.2, 0) is 9.59 Å². The molecular formula is C14H14ClNO3. The Labute approximate surface area is 116 Å². The maximum atomic E-state index is 11.9. The van der Waals surface area contributed by atoms with E-state index in [0.29, 0.717) is 18.1 Å². The number of amides is 1. The van der Waals surface area contributed by atoms with Gasteiger partial charge in [-0.1, -0.05) is 11.6 Å². The number of carbonyl (C=O) groups excluding carboxylic acids is 3. The highest BCUT2D eigenvalue weighted by atomic mass is 35.5. The zero-order chi connectivity index (χ0) is 13.8.